The number of nitrogens with two attached hydrogens (primary N) is 1. The molecule has 84 valence electrons. The Kier molecular flexibility index (Phi) is 4.71. The Labute approximate surface area is 97.1 Å². The Morgan fingerprint density at radius 3 is 2.73 bits per heavy atom. The first-order valence-corrected chi connectivity index (χ1v) is 5.35. The van der Waals surface area contributed by atoms with Crippen LogP contribution in [0, 0.1) is 0 Å². The molecule has 0 fully saturated rings. The third kappa shape index (κ3) is 3.28. The number of hydrogen-bond acceptors (Lipinski definition) is 4. The second kappa shape index (κ2) is 5.82. The van der Waals surface area contributed by atoms with Crippen molar-refractivity contribution in [1.82, 2.24) is 0 Å². The number of methoxy groups -OCH3 is 1. The van der Waals surface area contributed by atoms with Crippen LogP contribution in [-0.2, 0) is 0 Å². The largest absolute Gasteiger partial charge is 0.493 e. The lowest BCUT2D eigenvalue weighted by Crippen LogP contribution is -2.02. The number of anilines is 1. The fourth-order valence-corrected chi connectivity index (χ4v) is 1.39. The van der Waals surface area contributed by atoms with Crippen molar-refractivity contribution in [3.05, 3.63) is 16.6 Å². The van der Waals surface area contributed by atoms with Crippen molar-refractivity contribution in [2.45, 2.75) is 6.42 Å². The normalized spacial score (nSPS) is 10.1. The van der Waals surface area contributed by atoms with Gasteiger partial charge in [-0.1, -0.05) is 0 Å². The molecule has 0 unspecified atom stereocenters. The summed E-state index contributed by atoms with van der Waals surface area (Å²) >= 11 is 3.30. The van der Waals surface area contributed by atoms with Crippen LogP contribution < -0.4 is 15.2 Å². The van der Waals surface area contributed by atoms with E-state index in [9.17, 15) is 0 Å². The first kappa shape index (κ1) is 12.1. The number of aliphatic hydroxyl groups excluding tert-OH is 1. The van der Waals surface area contributed by atoms with Crippen LogP contribution in [0.4, 0.5) is 5.69 Å². The van der Waals surface area contributed by atoms with E-state index in [2.05, 4.69) is 15.9 Å². The Balaban J connectivity index is 2.80. The van der Waals surface area contributed by atoms with Gasteiger partial charge in [0.15, 0.2) is 11.5 Å². The van der Waals surface area contributed by atoms with E-state index in [4.69, 9.17) is 20.3 Å². The number of rotatable bonds is 5. The van der Waals surface area contributed by atoms with Gasteiger partial charge < -0.3 is 20.3 Å². The molecular weight excluding hydrogens is 262 g/mol. The summed E-state index contributed by atoms with van der Waals surface area (Å²) in [5, 5.41) is 8.63. The Hall–Kier alpha value is -0.940. The predicted molar refractivity (Wildman–Crippen MR) is 62.3 cm³/mol. The van der Waals surface area contributed by atoms with Crippen molar-refractivity contribution < 1.29 is 14.6 Å². The van der Waals surface area contributed by atoms with Crippen molar-refractivity contribution in [2.75, 3.05) is 26.1 Å². The zero-order chi connectivity index (χ0) is 11.3. The van der Waals surface area contributed by atoms with Gasteiger partial charge in [-0.3, -0.25) is 0 Å². The van der Waals surface area contributed by atoms with E-state index < -0.39 is 0 Å². The molecule has 0 saturated heterocycles. The van der Waals surface area contributed by atoms with Crippen molar-refractivity contribution in [3.63, 3.8) is 0 Å². The lowest BCUT2D eigenvalue weighted by molar-refractivity contribution is 0.228. The third-order valence-corrected chi connectivity index (χ3v) is 2.53. The van der Waals surface area contributed by atoms with Gasteiger partial charge in [-0.15, -0.1) is 0 Å². The monoisotopic (exact) mass is 275 g/mol. The molecule has 5 heteroatoms. The molecule has 15 heavy (non-hydrogen) atoms. The minimum absolute atomic E-state index is 0.105. The van der Waals surface area contributed by atoms with Gasteiger partial charge in [-0.2, -0.15) is 0 Å². The van der Waals surface area contributed by atoms with E-state index >= 15 is 0 Å². The highest BCUT2D eigenvalue weighted by Gasteiger charge is 2.07. The molecule has 0 saturated carbocycles. The van der Waals surface area contributed by atoms with E-state index in [1.54, 1.807) is 19.2 Å². The third-order valence-electron chi connectivity index (χ3n) is 1.84. The first-order chi connectivity index (χ1) is 7.19. The van der Waals surface area contributed by atoms with Gasteiger partial charge in [-0.25, -0.2) is 0 Å². The summed E-state index contributed by atoms with van der Waals surface area (Å²) in [5.41, 5.74) is 6.31. The molecule has 0 amide bonds. The molecule has 4 nitrogen and oxygen atoms in total. The second-order valence-electron chi connectivity index (χ2n) is 2.95. The van der Waals surface area contributed by atoms with E-state index in [-0.39, 0.29) is 6.61 Å². The summed E-state index contributed by atoms with van der Waals surface area (Å²) in [6.45, 7) is 0.544. The van der Waals surface area contributed by atoms with Gasteiger partial charge in [0.25, 0.3) is 0 Å². The summed E-state index contributed by atoms with van der Waals surface area (Å²) in [7, 11) is 1.57. The molecule has 0 heterocycles. The van der Waals surface area contributed by atoms with Crippen LogP contribution in [0.5, 0.6) is 11.5 Å². The summed E-state index contributed by atoms with van der Waals surface area (Å²) in [6.07, 6.45) is 0.582. The molecule has 1 rings (SSSR count). The Morgan fingerprint density at radius 2 is 2.13 bits per heavy atom. The fourth-order valence-electron chi connectivity index (χ4n) is 1.07. The van der Waals surface area contributed by atoms with Crippen LogP contribution in [0.3, 0.4) is 0 Å². The van der Waals surface area contributed by atoms with Crippen LogP contribution in [0.25, 0.3) is 0 Å². The van der Waals surface area contributed by atoms with Gasteiger partial charge in [-0.05, 0) is 15.9 Å². The molecule has 3 N–H and O–H groups in total. The number of benzene rings is 1. The minimum Gasteiger partial charge on any atom is -0.493 e. The lowest BCUT2D eigenvalue weighted by Gasteiger charge is -2.11. The molecule has 1 aromatic rings. The molecule has 0 aliphatic heterocycles. The van der Waals surface area contributed by atoms with Gasteiger partial charge >= 0.3 is 0 Å². The lowest BCUT2D eigenvalue weighted by atomic mass is 10.3. The molecule has 0 aromatic heterocycles. The van der Waals surface area contributed by atoms with Crippen molar-refractivity contribution in [1.29, 1.82) is 0 Å². The highest BCUT2D eigenvalue weighted by Crippen LogP contribution is 2.34. The quantitative estimate of drug-likeness (QED) is 0.635. The van der Waals surface area contributed by atoms with Gasteiger partial charge in [0.2, 0.25) is 0 Å². The highest BCUT2D eigenvalue weighted by atomic mass is 79.9. The van der Waals surface area contributed by atoms with Crippen LogP contribution in [0.2, 0.25) is 0 Å². The number of halogens is 1. The molecule has 0 bridgehead atoms. The van der Waals surface area contributed by atoms with Crippen molar-refractivity contribution in [3.8, 4) is 11.5 Å². The van der Waals surface area contributed by atoms with E-state index in [1.807, 2.05) is 0 Å². The predicted octanol–water partition coefficient (Wildman–Crippen LogP) is 1.80. The topological polar surface area (TPSA) is 64.7 Å². The maximum absolute atomic E-state index is 8.63. The summed E-state index contributed by atoms with van der Waals surface area (Å²) in [4.78, 5) is 0. The van der Waals surface area contributed by atoms with E-state index in [0.29, 0.717) is 30.2 Å². The number of ether oxygens (including phenoxy) is 2. The summed E-state index contributed by atoms with van der Waals surface area (Å²) in [6, 6.07) is 3.45. The highest BCUT2D eigenvalue weighted by molar-refractivity contribution is 9.10. The van der Waals surface area contributed by atoms with Gasteiger partial charge in [0, 0.05) is 35.3 Å². The molecule has 0 atom stereocenters. The smallest absolute Gasteiger partial charge is 0.163 e. The molecule has 0 radical (unpaired) electrons. The van der Waals surface area contributed by atoms with Crippen LogP contribution in [0.1, 0.15) is 6.42 Å². The second-order valence-corrected chi connectivity index (χ2v) is 3.80. The molecule has 0 aliphatic rings. The number of hydrogen-bond donors (Lipinski definition) is 2. The van der Waals surface area contributed by atoms with E-state index in [1.165, 1.54) is 0 Å². The maximum Gasteiger partial charge on any atom is 0.163 e. The molecule has 0 aliphatic carbocycles. The van der Waals surface area contributed by atoms with Crippen molar-refractivity contribution in [2.24, 2.45) is 0 Å². The zero-order valence-electron chi connectivity index (χ0n) is 8.50. The fraction of sp³-hybridized carbons (Fsp3) is 0.400. The Bertz CT molecular complexity index is 331. The van der Waals surface area contributed by atoms with E-state index in [0.717, 1.165) is 4.47 Å². The summed E-state index contributed by atoms with van der Waals surface area (Å²) < 4.78 is 11.3. The molecular formula is C10H14BrNO3. The first-order valence-electron chi connectivity index (χ1n) is 4.55. The van der Waals surface area contributed by atoms with Crippen molar-refractivity contribution >= 4 is 21.6 Å². The average molecular weight is 276 g/mol. The molecule has 0 spiro atoms. The Morgan fingerprint density at radius 1 is 1.40 bits per heavy atom. The van der Waals surface area contributed by atoms with Crippen LogP contribution in [0.15, 0.2) is 16.6 Å². The minimum atomic E-state index is 0.105. The number of nitrogen functional groups attached to an aromatic ring is 1. The average Bonchev–Trinajstić information content (AvgIpc) is 2.23. The standard InChI is InChI=1S/C10H14BrNO3/c1-14-9-5-7(11)8(12)6-10(9)15-4-2-3-13/h5-6,13H,2-4,12H2,1H3. The SMILES string of the molecule is COc1cc(Br)c(N)cc1OCCCO. The summed E-state index contributed by atoms with van der Waals surface area (Å²) in [5.74, 6) is 1.21. The zero-order valence-corrected chi connectivity index (χ0v) is 10.1. The van der Waals surface area contributed by atoms with Gasteiger partial charge in [0.05, 0.1) is 13.7 Å². The maximum atomic E-state index is 8.63. The number of aliphatic hydroxyl groups is 1. The van der Waals surface area contributed by atoms with Gasteiger partial charge in [0.1, 0.15) is 0 Å². The van der Waals surface area contributed by atoms with Crippen LogP contribution >= 0.6 is 15.9 Å². The molecule has 1 aromatic carbocycles. The van der Waals surface area contributed by atoms with Crippen LogP contribution in [-0.4, -0.2) is 25.4 Å².